The maximum atomic E-state index is 11.9. The van der Waals surface area contributed by atoms with Crippen LogP contribution in [0.3, 0.4) is 0 Å². The summed E-state index contributed by atoms with van der Waals surface area (Å²) in [5.41, 5.74) is 0.996. The van der Waals surface area contributed by atoms with E-state index in [1.807, 2.05) is 6.92 Å². The lowest BCUT2D eigenvalue weighted by Gasteiger charge is -2.09. The number of carbonyl (C=O) groups excluding carboxylic acids is 1. The molecular weight excluding hydrogens is 252 g/mol. The van der Waals surface area contributed by atoms with Gasteiger partial charge in [0.15, 0.2) is 0 Å². The van der Waals surface area contributed by atoms with Gasteiger partial charge in [0, 0.05) is 12.8 Å². The average Bonchev–Trinajstić information content (AvgIpc) is 2.73. The van der Waals surface area contributed by atoms with Crippen LogP contribution in [0.15, 0.2) is 29.2 Å². The Hall–Kier alpha value is -1.20. The van der Waals surface area contributed by atoms with Crippen LogP contribution in [0.1, 0.15) is 24.8 Å². The van der Waals surface area contributed by atoms with Gasteiger partial charge in [-0.25, -0.2) is 0 Å². The van der Waals surface area contributed by atoms with Crippen LogP contribution in [-0.2, 0) is 19.1 Å². The summed E-state index contributed by atoms with van der Waals surface area (Å²) in [5, 5.41) is 0. The van der Waals surface area contributed by atoms with Gasteiger partial charge >= 0.3 is 0 Å². The molecule has 98 valence electrons. The van der Waals surface area contributed by atoms with Crippen molar-refractivity contribution < 1.29 is 17.4 Å². The second-order valence-electron chi connectivity index (χ2n) is 4.70. The Bertz CT molecular complexity index is 531. The first-order chi connectivity index (χ1) is 8.47. The maximum Gasteiger partial charge on any atom is 0.296 e. The lowest BCUT2D eigenvalue weighted by molar-refractivity contribution is -0.117. The zero-order valence-electron chi connectivity index (χ0n) is 10.3. The first-order valence-corrected chi connectivity index (χ1v) is 7.36. The SMILES string of the molecule is Cc1ccc(S(=O)(=O)OC[C@H]2CCC(=O)C2)cc1. The lowest BCUT2D eigenvalue weighted by Crippen LogP contribution is -2.13. The van der Waals surface area contributed by atoms with Crippen LogP contribution in [0.5, 0.6) is 0 Å². The number of aryl methyl sites for hydroxylation is 1. The Morgan fingerprint density at radius 1 is 1.28 bits per heavy atom. The number of carbonyl (C=O) groups is 1. The smallest absolute Gasteiger partial charge is 0.296 e. The van der Waals surface area contributed by atoms with Gasteiger partial charge in [0.2, 0.25) is 0 Å². The highest BCUT2D eigenvalue weighted by Crippen LogP contribution is 2.23. The van der Waals surface area contributed by atoms with Crippen molar-refractivity contribution in [2.75, 3.05) is 6.61 Å². The van der Waals surface area contributed by atoms with Gasteiger partial charge in [0.25, 0.3) is 10.1 Å². The third kappa shape index (κ3) is 3.17. The minimum Gasteiger partial charge on any atom is -0.300 e. The summed E-state index contributed by atoms with van der Waals surface area (Å²) in [6.07, 6.45) is 1.70. The summed E-state index contributed by atoms with van der Waals surface area (Å²) in [5.74, 6) is 0.231. The average molecular weight is 268 g/mol. The van der Waals surface area contributed by atoms with E-state index in [0.717, 1.165) is 12.0 Å². The van der Waals surface area contributed by atoms with Crippen LogP contribution < -0.4 is 0 Å². The van der Waals surface area contributed by atoms with Crippen LogP contribution in [0.25, 0.3) is 0 Å². The molecule has 1 aliphatic rings. The molecule has 1 aromatic rings. The van der Waals surface area contributed by atoms with Crippen molar-refractivity contribution in [3.05, 3.63) is 29.8 Å². The fourth-order valence-electron chi connectivity index (χ4n) is 1.99. The molecule has 1 atom stereocenters. The minimum absolute atomic E-state index is 0.0396. The monoisotopic (exact) mass is 268 g/mol. The van der Waals surface area contributed by atoms with Gasteiger partial charge < -0.3 is 0 Å². The molecular formula is C13H16O4S. The Balaban J connectivity index is 1.99. The van der Waals surface area contributed by atoms with E-state index in [4.69, 9.17) is 4.18 Å². The summed E-state index contributed by atoms with van der Waals surface area (Å²) in [6.45, 7) is 1.99. The highest BCUT2D eigenvalue weighted by molar-refractivity contribution is 7.86. The molecule has 0 N–H and O–H groups in total. The van der Waals surface area contributed by atoms with Gasteiger partial charge in [-0.05, 0) is 31.4 Å². The summed E-state index contributed by atoms with van der Waals surface area (Å²) < 4.78 is 28.8. The van der Waals surface area contributed by atoms with Crippen LogP contribution >= 0.6 is 0 Å². The lowest BCUT2D eigenvalue weighted by atomic mass is 10.1. The van der Waals surface area contributed by atoms with Gasteiger partial charge in [0.1, 0.15) is 5.78 Å². The Kier molecular flexibility index (Phi) is 3.82. The standard InChI is InChI=1S/C13H16O4S/c1-10-2-6-13(7-3-10)18(15,16)17-9-11-4-5-12(14)8-11/h2-3,6-7,11H,4-5,8-9H2,1H3/t11-/m0/s1. The van der Waals surface area contributed by atoms with Gasteiger partial charge in [-0.15, -0.1) is 0 Å². The van der Waals surface area contributed by atoms with Crippen LogP contribution in [0.2, 0.25) is 0 Å². The van der Waals surface area contributed by atoms with E-state index in [-0.39, 0.29) is 23.2 Å². The molecule has 0 aliphatic heterocycles. The predicted molar refractivity (Wildman–Crippen MR) is 66.7 cm³/mol. The second kappa shape index (κ2) is 5.20. The molecule has 0 saturated heterocycles. The van der Waals surface area contributed by atoms with Crippen LogP contribution in [0.4, 0.5) is 0 Å². The molecule has 0 spiro atoms. The molecule has 0 amide bonds. The van der Waals surface area contributed by atoms with Crippen molar-refractivity contribution >= 4 is 15.9 Å². The van der Waals surface area contributed by atoms with Crippen LogP contribution in [-0.4, -0.2) is 20.8 Å². The van der Waals surface area contributed by atoms with Gasteiger partial charge in [0.05, 0.1) is 11.5 Å². The van der Waals surface area contributed by atoms with Crippen molar-refractivity contribution in [3.8, 4) is 0 Å². The molecule has 18 heavy (non-hydrogen) atoms. The van der Waals surface area contributed by atoms with Crippen LogP contribution in [0, 0.1) is 12.8 Å². The highest BCUT2D eigenvalue weighted by Gasteiger charge is 2.25. The van der Waals surface area contributed by atoms with E-state index in [0.29, 0.717) is 12.8 Å². The molecule has 2 rings (SSSR count). The zero-order valence-corrected chi connectivity index (χ0v) is 11.1. The minimum atomic E-state index is -3.69. The number of benzene rings is 1. The van der Waals surface area contributed by atoms with Gasteiger partial charge in [-0.1, -0.05) is 17.7 Å². The largest absolute Gasteiger partial charge is 0.300 e. The summed E-state index contributed by atoms with van der Waals surface area (Å²) in [4.78, 5) is 11.2. The van der Waals surface area contributed by atoms with E-state index >= 15 is 0 Å². The Morgan fingerprint density at radius 3 is 2.50 bits per heavy atom. The van der Waals surface area contributed by atoms with E-state index in [1.165, 1.54) is 12.1 Å². The van der Waals surface area contributed by atoms with E-state index in [2.05, 4.69) is 0 Å². The third-order valence-corrected chi connectivity index (χ3v) is 4.41. The molecule has 0 aromatic heterocycles. The predicted octanol–water partition coefficient (Wildman–Crippen LogP) is 2.07. The summed E-state index contributed by atoms with van der Waals surface area (Å²) >= 11 is 0. The topological polar surface area (TPSA) is 60.4 Å². The molecule has 5 heteroatoms. The zero-order chi connectivity index (χ0) is 13.2. The molecule has 1 aromatic carbocycles. The fraction of sp³-hybridized carbons (Fsp3) is 0.462. The van der Waals surface area contributed by atoms with Crippen molar-refractivity contribution in [2.24, 2.45) is 5.92 Å². The van der Waals surface area contributed by atoms with Crippen molar-refractivity contribution in [1.29, 1.82) is 0 Å². The number of hydrogen-bond donors (Lipinski definition) is 0. The molecule has 4 nitrogen and oxygen atoms in total. The molecule has 1 fully saturated rings. The first kappa shape index (κ1) is 13.2. The number of rotatable bonds is 4. The molecule has 0 unspecified atom stereocenters. The first-order valence-electron chi connectivity index (χ1n) is 5.95. The summed E-state index contributed by atoms with van der Waals surface area (Å²) in [6, 6.07) is 6.53. The molecule has 1 aliphatic carbocycles. The number of ketones is 1. The van der Waals surface area contributed by atoms with Crippen molar-refractivity contribution in [2.45, 2.75) is 31.1 Å². The van der Waals surface area contributed by atoms with E-state index < -0.39 is 10.1 Å². The maximum absolute atomic E-state index is 11.9. The third-order valence-electron chi connectivity index (χ3n) is 3.12. The van der Waals surface area contributed by atoms with Gasteiger partial charge in [-0.3, -0.25) is 8.98 Å². The molecule has 1 saturated carbocycles. The molecule has 0 bridgehead atoms. The van der Waals surface area contributed by atoms with E-state index in [9.17, 15) is 13.2 Å². The second-order valence-corrected chi connectivity index (χ2v) is 6.31. The normalized spacial score (nSPS) is 20.3. The Morgan fingerprint density at radius 2 is 1.94 bits per heavy atom. The van der Waals surface area contributed by atoms with Crippen molar-refractivity contribution in [1.82, 2.24) is 0 Å². The highest BCUT2D eigenvalue weighted by atomic mass is 32.2. The fourth-order valence-corrected chi connectivity index (χ4v) is 2.97. The van der Waals surface area contributed by atoms with E-state index in [1.54, 1.807) is 12.1 Å². The van der Waals surface area contributed by atoms with Crippen molar-refractivity contribution in [3.63, 3.8) is 0 Å². The summed E-state index contributed by atoms with van der Waals surface area (Å²) in [7, 11) is -3.69. The molecule has 0 heterocycles. The number of hydrogen-bond acceptors (Lipinski definition) is 4. The Labute approximate surface area is 107 Å². The quantitative estimate of drug-likeness (QED) is 0.784. The van der Waals surface area contributed by atoms with Gasteiger partial charge in [-0.2, -0.15) is 8.42 Å². The molecule has 0 radical (unpaired) electrons. The number of Topliss-reactive ketones (excluding diaryl/α,β-unsaturated/α-hetero) is 1.